The van der Waals surface area contributed by atoms with E-state index >= 15 is 0 Å². The molecule has 1 aromatic heterocycles. The summed E-state index contributed by atoms with van der Waals surface area (Å²) in [4.78, 5) is 16.4. The average Bonchev–Trinajstić information content (AvgIpc) is 3.28. The van der Waals surface area contributed by atoms with Gasteiger partial charge in [-0.25, -0.2) is 8.42 Å². The molecule has 33 heavy (non-hydrogen) atoms. The smallest absolute Gasteiger partial charge is 0.415 e. The van der Waals surface area contributed by atoms with E-state index in [1.54, 1.807) is 8.87 Å². The minimum absolute atomic E-state index is 0.154. The third kappa shape index (κ3) is 5.84. The highest BCUT2D eigenvalue weighted by molar-refractivity contribution is 7.89. The highest BCUT2D eigenvalue weighted by Crippen LogP contribution is 2.31. The summed E-state index contributed by atoms with van der Waals surface area (Å²) in [6, 6.07) is 7.89. The number of halogens is 1. The third-order valence-corrected chi connectivity index (χ3v) is 8.28. The molecule has 1 fully saturated rings. The molecule has 0 saturated carbocycles. The monoisotopic (exact) mass is 497 g/mol. The van der Waals surface area contributed by atoms with Crippen molar-refractivity contribution in [3.05, 3.63) is 51.2 Å². The van der Waals surface area contributed by atoms with Crippen LogP contribution in [0.1, 0.15) is 25.3 Å². The molecule has 0 radical (unpaired) electrons. The quantitative estimate of drug-likeness (QED) is 0.297. The van der Waals surface area contributed by atoms with Crippen LogP contribution in [0.15, 0.2) is 30.5 Å². The number of ether oxygens (including phenoxy) is 1. The van der Waals surface area contributed by atoms with Gasteiger partial charge in [-0.1, -0.05) is 23.7 Å². The maximum Gasteiger partial charge on any atom is 0.415 e. The van der Waals surface area contributed by atoms with Crippen molar-refractivity contribution in [2.75, 3.05) is 38.5 Å². The first-order valence-corrected chi connectivity index (χ1v) is 13.0. The van der Waals surface area contributed by atoms with Crippen molar-refractivity contribution in [1.29, 1.82) is 0 Å². The van der Waals surface area contributed by atoms with Crippen molar-refractivity contribution in [3.8, 4) is 6.01 Å². The molecule has 2 aromatic rings. The maximum absolute atomic E-state index is 12.8. The lowest BCUT2D eigenvalue weighted by atomic mass is 10.1. The second-order valence-electron chi connectivity index (χ2n) is 8.89. The number of aromatic nitrogens is 2. The molecule has 0 aliphatic carbocycles. The van der Waals surface area contributed by atoms with Crippen molar-refractivity contribution in [3.63, 3.8) is 0 Å². The first-order chi connectivity index (χ1) is 15.6. The number of benzene rings is 1. The highest BCUT2D eigenvalue weighted by Gasteiger charge is 2.42. The van der Waals surface area contributed by atoms with Gasteiger partial charge in [0.25, 0.3) is 0 Å². The van der Waals surface area contributed by atoms with Gasteiger partial charge in [0.1, 0.15) is 11.8 Å². The fourth-order valence-corrected chi connectivity index (χ4v) is 6.07. The number of hydrogen-bond donors (Lipinski definition) is 0. The van der Waals surface area contributed by atoms with E-state index in [-0.39, 0.29) is 17.6 Å². The zero-order valence-corrected chi connectivity index (χ0v) is 20.1. The Balaban J connectivity index is 1.20. The van der Waals surface area contributed by atoms with Gasteiger partial charge in [-0.3, -0.25) is 9.47 Å². The van der Waals surface area contributed by atoms with Crippen LogP contribution in [0.25, 0.3) is 0 Å². The standard InChI is InChI=1S/C21H28ClN5O5S/c1-21(16-25-14-19(27(28)29)23-20(25)32-21)15-24-9-11-26(12-10-24)33(30,31)13-3-2-4-17-5-7-18(22)8-6-17/h5-8,14H,2-4,9-13,15-16H2,1H3/t21-/m0/s1. The van der Waals surface area contributed by atoms with Crippen LogP contribution in [0.2, 0.25) is 5.02 Å². The third-order valence-electron chi connectivity index (χ3n) is 6.07. The Morgan fingerprint density at radius 1 is 1.18 bits per heavy atom. The maximum atomic E-state index is 12.8. The van der Waals surface area contributed by atoms with Crippen molar-refractivity contribution in [2.24, 2.45) is 0 Å². The number of rotatable bonds is 9. The number of nitrogens with zero attached hydrogens (tertiary/aromatic N) is 5. The van der Waals surface area contributed by atoms with Gasteiger partial charge < -0.3 is 14.9 Å². The summed E-state index contributed by atoms with van der Waals surface area (Å²) in [5.41, 5.74) is 0.602. The van der Waals surface area contributed by atoms with Gasteiger partial charge in [0.15, 0.2) is 0 Å². The van der Waals surface area contributed by atoms with Gasteiger partial charge >= 0.3 is 11.8 Å². The topological polar surface area (TPSA) is 111 Å². The summed E-state index contributed by atoms with van der Waals surface area (Å²) in [5.74, 6) is -0.0690. The van der Waals surface area contributed by atoms with Crippen molar-refractivity contribution in [2.45, 2.75) is 38.3 Å². The fourth-order valence-electron chi connectivity index (χ4n) is 4.40. The Morgan fingerprint density at radius 2 is 1.88 bits per heavy atom. The lowest BCUT2D eigenvalue weighted by Crippen LogP contribution is -2.54. The van der Waals surface area contributed by atoms with E-state index in [0.717, 1.165) is 18.4 Å². The zero-order chi connectivity index (χ0) is 23.6. The molecule has 10 nitrogen and oxygen atoms in total. The molecule has 0 amide bonds. The highest BCUT2D eigenvalue weighted by atomic mass is 35.5. The van der Waals surface area contributed by atoms with Crippen LogP contribution in [-0.4, -0.2) is 76.2 Å². The molecule has 0 bridgehead atoms. The molecular weight excluding hydrogens is 470 g/mol. The average molecular weight is 498 g/mol. The number of imidazole rings is 1. The van der Waals surface area contributed by atoms with E-state index in [2.05, 4.69) is 9.88 Å². The minimum Gasteiger partial charge on any atom is -0.436 e. The van der Waals surface area contributed by atoms with Crippen molar-refractivity contribution in [1.82, 2.24) is 18.8 Å². The molecule has 4 rings (SSSR count). The van der Waals surface area contributed by atoms with Crippen LogP contribution >= 0.6 is 11.6 Å². The molecular formula is C21H28ClN5O5S. The van der Waals surface area contributed by atoms with Gasteiger partial charge in [0.2, 0.25) is 10.0 Å². The summed E-state index contributed by atoms with van der Waals surface area (Å²) >= 11 is 5.89. The Kier molecular flexibility index (Phi) is 6.94. The van der Waals surface area contributed by atoms with Crippen LogP contribution in [0, 0.1) is 10.1 Å². The number of nitro groups is 1. The summed E-state index contributed by atoms with van der Waals surface area (Å²) < 4.78 is 34.6. The summed E-state index contributed by atoms with van der Waals surface area (Å²) in [7, 11) is -3.28. The zero-order valence-electron chi connectivity index (χ0n) is 18.5. The summed E-state index contributed by atoms with van der Waals surface area (Å²) in [6.07, 6.45) is 3.65. The molecule has 3 heterocycles. The Hall–Kier alpha value is -2.21. The van der Waals surface area contributed by atoms with Gasteiger partial charge in [-0.05, 0) is 48.8 Å². The van der Waals surface area contributed by atoms with Crippen LogP contribution in [0.4, 0.5) is 5.82 Å². The molecule has 2 aliphatic heterocycles. The Labute approximate surface area is 198 Å². The molecule has 0 N–H and O–H groups in total. The SMILES string of the molecule is C[C@]1(CN2CCN(S(=O)(=O)CCCCc3ccc(Cl)cc3)CC2)Cn2cc([N+](=O)[O-])nc2O1. The molecule has 0 unspecified atom stereocenters. The van der Waals surface area contributed by atoms with Crippen LogP contribution < -0.4 is 4.74 Å². The molecule has 180 valence electrons. The van der Waals surface area contributed by atoms with Gasteiger partial charge in [-0.15, -0.1) is 0 Å². The normalized spacial score (nSPS) is 21.6. The van der Waals surface area contributed by atoms with E-state index in [4.69, 9.17) is 16.3 Å². The van der Waals surface area contributed by atoms with Crippen LogP contribution in [0.3, 0.4) is 0 Å². The van der Waals surface area contributed by atoms with Crippen LogP contribution in [0.5, 0.6) is 6.01 Å². The molecule has 1 saturated heterocycles. The molecule has 12 heteroatoms. The van der Waals surface area contributed by atoms with E-state index in [0.29, 0.717) is 50.7 Å². The number of hydrogen-bond acceptors (Lipinski definition) is 7. The first kappa shape index (κ1) is 23.9. The Morgan fingerprint density at radius 3 is 2.52 bits per heavy atom. The lowest BCUT2D eigenvalue weighted by Gasteiger charge is -2.37. The number of piperazine rings is 1. The van der Waals surface area contributed by atoms with Crippen LogP contribution in [-0.2, 0) is 23.0 Å². The van der Waals surface area contributed by atoms with Crippen molar-refractivity contribution >= 4 is 27.4 Å². The second-order valence-corrected chi connectivity index (χ2v) is 11.4. The first-order valence-electron chi connectivity index (χ1n) is 11.0. The molecule has 1 aromatic carbocycles. The number of aryl methyl sites for hydroxylation is 1. The number of unbranched alkanes of at least 4 members (excludes halogenated alkanes) is 1. The summed E-state index contributed by atoms with van der Waals surface area (Å²) in [6.45, 7) is 5.14. The second kappa shape index (κ2) is 9.57. The lowest BCUT2D eigenvalue weighted by molar-refractivity contribution is -0.389. The molecule has 1 atom stereocenters. The number of sulfonamides is 1. The molecule has 2 aliphatic rings. The summed E-state index contributed by atoms with van der Waals surface area (Å²) in [5, 5.41) is 11.6. The Bertz CT molecular complexity index is 1070. The minimum atomic E-state index is -3.28. The predicted octanol–water partition coefficient (Wildman–Crippen LogP) is 2.57. The van der Waals surface area contributed by atoms with E-state index in [1.807, 2.05) is 31.2 Å². The largest absolute Gasteiger partial charge is 0.436 e. The van der Waals surface area contributed by atoms with Gasteiger partial charge in [0, 0.05) is 42.7 Å². The van der Waals surface area contributed by atoms with E-state index in [9.17, 15) is 18.5 Å². The van der Waals surface area contributed by atoms with E-state index in [1.165, 1.54) is 6.20 Å². The fraction of sp³-hybridized carbons (Fsp3) is 0.571. The predicted molar refractivity (Wildman–Crippen MR) is 124 cm³/mol. The molecule has 0 spiro atoms. The van der Waals surface area contributed by atoms with Crippen molar-refractivity contribution < 1.29 is 18.1 Å². The van der Waals surface area contributed by atoms with Gasteiger partial charge in [0.05, 0.1) is 12.3 Å². The van der Waals surface area contributed by atoms with E-state index < -0.39 is 20.5 Å². The van der Waals surface area contributed by atoms with Gasteiger partial charge in [-0.2, -0.15) is 4.31 Å². The number of fused-ring (bicyclic) bond motifs is 1.